The van der Waals surface area contributed by atoms with Crippen molar-refractivity contribution >= 4 is 29.7 Å². The zero-order valence-electron chi connectivity index (χ0n) is 13.3. The van der Waals surface area contributed by atoms with E-state index in [1.165, 1.54) is 11.3 Å². The number of aliphatic hydroxyl groups is 1. The topological polar surface area (TPSA) is 97.5 Å². The van der Waals surface area contributed by atoms with Crippen molar-refractivity contribution in [2.75, 3.05) is 13.2 Å². The third-order valence-electron chi connectivity index (χ3n) is 3.08. The molecule has 0 saturated carbocycles. The molecule has 1 heterocycles. The summed E-state index contributed by atoms with van der Waals surface area (Å²) in [5.74, 6) is -0.269. The van der Waals surface area contributed by atoms with Crippen LogP contribution in [0.4, 0.5) is 13.2 Å². The highest BCUT2D eigenvalue weighted by molar-refractivity contribution is 7.09. The predicted molar refractivity (Wildman–Crippen MR) is 92.5 cm³/mol. The van der Waals surface area contributed by atoms with Gasteiger partial charge in [-0.25, -0.2) is 4.98 Å². The van der Waals surface area contributed by atoms with E-state index in [4.69, 9.17) is 10.5 Å². The number of aliphatic hydroxyl groups excluding tert-OH is 1. The van der Waals surface area contributed by atoms with Gasteiger partial charge in [-0.1, -0.05) is 0 Å². The smallest absolute Gasteiger partial charge is 0.416 e. The Bertz CT molecular complexity index is 710. The third-order valence-corrected chi connectivity index (χ3v) is 3.95. The van der Waals surface area contributed by atoms with Gasteiger partial charge in [0.05, 0.1) is 5.56 Å². The molecule has 2 rings (SSSR count). The molecule has 2 aromatic rings. The summed E-state index contributed by atoms with van der Waals surface area (Å²) < 4.78 is 42.5. The maximum Gasteiger partial charge on any atom is 0.416 e. The highest BCUT2D eigenvalue weighted by Crippen LogP contribution is 2.30. The first-order chi connectivity index (χ1) is 11.8. The van der Waals surface area contributed by atoms with Crippen LogP contribution in [0.15, 0.2) is 29.6 Å². The summed E-state index contributed by atoms with van der Waals surface area (Å²) in [7, 11) is 0. The van der Waals surface area contributed by atoms with Gasteiger partial charge in [-0.2, -0.15) is 13.2 Å². The van der Waals surface area contributed by atoms with Crippen molar-refractivity contribution in [1.29, 1.82) is 0 Å². The summed E-state index contributed by atoms with van der Waals surface area (Å²) in [5.41, 5.74) is 4.84. The number of hydrogen-bond donors (Lipinski definition) is 3. The number of carbonyl (C=O) groups is 1. The Morgan fingerprint density at radius 2 is 2.00 bits per heavy atom. The van der Waals surface area contributed by atoms with Gasteiger partial charge in [-0.3, -0.25) is 4.79 Å². The zero-order valence-corrected chi connectivity index (χ0v) is 15.0. The number of carbonyl (C=O) groups excluding carboxylic acids is 1. The summed E-state index contributed by atoms with van der Waals surface area (Å²) >= 11 is 1.26. The van der Waals surface area contributed by atoms with Crippen LogP contribution in [0.1, 0.15) is 21.1 Å². The van der Waals surface area contributed by atoms with E-state index >= 15 is 0 Å². The van der Waals surface area contributed by atoms with Gasteiger partial charge in [-0.15, -0.1) is 23.7 Å². The molecule has 0 saturated heterocycles. The second kappa shape index (κ2) is 9.72. The number of ether oxygens (including phenoxy) is 1. The molecule has 11 heteroatoms. The van der Waals surface area contributed by atoms with Crippen LogP contribution in [-0.2, 0) is 12.7 Å². The van der Waals surface area contributed by atoms with Crippen molar-refractivity contribution in [3.8, 4) is 5.75 Å². The van der Waals surface area contributed by atoms with Crippen LogP contribution in [0.5, 0.6) is 5.75 Å². The molecule has 0 fully saturated rings. The minimum Gasteiger partial charge on any atom is -0.491 e. The molecule has 1 unspecified atom stereocenters. The molecule has 0 bridgehead atoms. The number of aromatic nitrogens is 1. The van der Waals surface area contributed by atoms with E-state index in [0.29, 0.717) is 5.01 Å². The average Bonchev–Trinajstić information content (AvgIpc) is 3.06. The number of rotatable bonds is 7. The van der Waals surface area contributed by atoms with Crippen molar-refractivity contribution < 1.29 is 27.8 Å². The van der Waals surface area contributed by atoms with Gasteiger partial charge < -0.3 is 20.9 Å². The van der Waals surface area contributed by atoms with Crippen LogP contribution in [0.2, 0.25) is 0 Å². The molecule has 144 valence electrons. The van der Waals surface area contributed by atoms with Gasteiger partial charge in [0.15, 0.2) is 0 Å². The molecule has 0 radical (unpaired) electrons. The number of halogens is 4. The lowest BCUT2D eigenvalue weighted by Gasteiger charge is -2.13. The number of nitrogens with two attached hydrogens (primary N) is 1. The van der Waals surface area contributed by atoms with Crippen LogP contribution in [0, 0.1) is 0 Å². The molecule has 4 N–H and O–H groups in total. The van der Waals surface area contributed by atoms with Crippen LogP contribution in [-0.4, -0.2) is 35.3 Å². The van der Waals surface area contributed by atoms with Gasteiger partial charge in [0.2, 0.25) is 0 Å². The van der Waals surface area contributed by atoms with E-state index < -0.39 is 23.8 Å². The Morgan fingerprint density at radius 3 is 2.54 bits per heavy atom. The van der Waals surface area contributed by atoms with Crippen molar-refractivity contribution in [3.05, 3.63) is 45.9 Å². The Kier molecular flexibility index (Phi) is 8.28. The number of amides is 1. The number of nitrogens with zero attached hydrogens (tertiary/aromatic N) is 1. The number of thiazole rings is 1. The largest absolute Gasteiger partial charge is 0.491 e. The van der Waals surface area contributed by atoms with Crippen LogP contribution < -0.4 is 15.8 Å². The molecule has 0 spiro atoms. The second-order valence-electron chi connectivity index (χ2n) is 5.03. The van der Waals surface area contributed by atoms with Gasteiger partial charge >= 0.3 is 6.18 Å². The molecular formula is C15H17ClF3N3O3S. The van der Waals surface area contributed by atoms with Gasteiger partial charge in [0.1, 0.15) is 29.2 Å². The summed E-state index contributed by atoms with van der Waals surface area (Å²) in [6, 6.07) is 4.11. The number of benzene rings is 1. The SMILES string of the molecule is Cl.NCc1nc(C(=O)NCC(O)COc2ccc(C(F)(F)F)cc2)cs1. The maximum absolute atomic E-state index is 12.4. The van der Waals surface area contributed by atoms with Crippen LogP contribution >= 0.6 is 23.7 Å². The van der Waals surface area contributed by atoms with Crippen LogP contribution in [0.25, 0.3) is 0 Å². The number of alkyl halides is 3. The molecule has 0 aliphatic carbocycles. The fourth-order valence-electron chi connectivity index (χ4n) is 1.80. The predicted octanol–water partition coefficient (Wildman–Crippen LogP) is 2.21. The lowest BCUT2D eigenvalue weighted by atomic mass is 10.2. The van der Waals surface area contributed by atoms with Gasteiger partial charge in [-0.05, 0) is 24.3 Å². The molecule has 26 heavy (non-hydrogen) atoms. The summed E-state index contributed by atoms with van der Waals surface area (Å²) in [4.78, 5) is 15.8. The highest BCUT2D eigenvalue weighted by Gasteiger charge is 2.30. The molecule has 0 aliphatic rings. The number of hydrogen-bond acceptors (Lipinski definition) is 6. The molecular weight excluding hydrogens is 395 g/mol. The Morgan fingerprint density at radius 1 is 1.35 bits per heavy atom. The standard InChI is InChI=1S/C15H16F3N3O3S.ClH/c16-15(17,18)9-1-3-11(4-2-9)24-7-10(22)6-20-14(23)12-8-25-13(5-19)21-12;/h1-4,8,10,22H,5-7,19H2,(H,20,23);1H. The summed E-state index contributed by atoms with van der Waals surface area (Å²) in [6.45, 7) is -0.0345. The monoisotopic (exact) mass is 411 g/mol. The van der Waals surface area contributed by atoms with Crippen molar-refractivity contribution in [3.63, 3.8) is 0 Å². The third kappa shape index (κ3) is 6.45. The fourth-order valence-corrected chi connectivity index (χ4v) is 2.46. The van der Waals surface area contributed by atoms with Crippen molar-refractivity contribution in [1.82, 2.24) is 10.3 Å². The van der Waals surface area contributed by atoms with E-state index in [1.54, 1.807) is 5.38 Å². The van der Waals surface area contributed by atoms with Crippen molar-refractivity contribution in [2.24, 2.45) is 5.73 Å². The maximum atomic E-state index is 12.4. The van der Waals surface area contributed by atoms with Gasteiger partial charge in [0.25, 0.3) is 5.91 Å². The Labute approximate surface area is 157 Å². The Hall–Kier alpha value is -1.88. The van der Waals surface area contributed by atoms with Gasteiger partial charge in [0, 0.05) is 18.5 Å². The summed E-state index contributed by atoms with van der Waals surface area (Å²) in [5, 5.41) is 14.5. The second-order valence-corrected chi connectivity index (χ2v) is 5.97. The highest BCUT2D eigenvalue weighted by atomic mass is 35.5. The van der Waals surface area contributed by atoms with E-state index in [0.717, 1.165) is 24.3 Å². The molecule has 6 nitrogen and oxygen atoms in total. The molecule has 1 amide bonds. The van der Waals surface area contributed by atoms with Crippen molar-refractivity contribution in [2.45, 2.75) is 18.8 Å². The van der Waals surface area contributed by atoms with E-state index in [9.17, 15) is 23.1 Å². The molecule has 1 aromatic heterocycles. The molecule has 1 aromatic carbocycles. The lowest BCUT2D eigenvalue weighted by Crippen LogP contribution is -2.35. The minimum absolute atomic E-state index is 0. The summed E-state index contributed by atoms with van der Waals surface area (Å²) in [6.07, 6.45) is -5.44. The Balaban J connectivity index is 0.00000338. The first-order valence-corrected chi connectivity index (χ1v) is 8.08. The van der Waals surface area contributed by atoms with Crippen LogP contribution in [0.3, 0.4) is 0 Å². The van der Waals surface area contributed by atoms with E-state index in [-0.39, 0.29) is 43.5 Å². The van der Waals surface area contributed by atoms with E-state index in [1.807, 2.05) is 0 Å². The average molecular weight is 412 g/mol. The normalized spacial score (nSPS) is 12.2. The number of nitrogens with one attached hydrogen (secondary N) is 1. The molecule has 0 aliphatic heterocycles. The minimum atomic E-state index is -4.41. The fraction of sp³-hybridized carbons (Fsp3) is 0.333. The lowest BCUT2D eigenvalue weighted by molar-refractivity contribution is -0.137. The molecule has 1 atom stereocenters. The zero-order chi connectivity index (χ0) is 18.4. The van der Waals surface area contributed by atoms with E-state index in [2.05, 4.69) is 10.3 Å². The quantitative estimate of drug-likeness (QED) is 0.649. The first kappa shape index (κ1) is 22.2. The first-order valence-electron chi connectivity index (χ1n) is 7.20.